The van der Waals surface area contributed by atoms with Gasteiger partial charge in [-0.1, -0.05) is 17.7 Å². The van der Waals surface area contributed by atoms with Crippen molar-refractivity contribution in [3.05, 3.63) is 29.8 Å². The molecule has 1 N–H and O–H groups in total. The summed E-state index contributed by atoms with van der Waals surface area (Å²) in [6.07, 6.45) is 0. The number of hydrogen-bond donors (Lipinski definition) is 1. The Morgan fingerprint density at radius 1 is 1.25 bits per heavy atom. The van der Waals surface area contributed by atoms with Gasteiger partial charge in [0.2, 0.25) is 0 Å². The molecule has 0 fully saturated rings. The Labute approximate surface area is 117 Å². The predicted molar refractivity (Wildman–Crippen MR) is 52.5 cm³/mol. The summed E-state index contributed by atoms with van der Waals surface area (Å²) in [7, 11) is -4.27. The average Bonchev–Trinajstić information content (AvgIpc) is 2.01. The van der Waals surface area contributed by atoms with Crippen LogP contribution in [0.4, 0.5) is 0 Å². The normalized spacial score (nSPS) is 9.44. The molecule has 0 saturated heterocycles. The standard InChI is InChI=1S/C7H8O3S.C2H4O2.Na/c1-6-2-4-7(5-3-6)11(8,9)10;1-2(3)4;/h2-5H,1H3,(H,8,9,10);1H3,(H,3,4);/q;;+1/p-1. The Hall–Kier alpha value is -0.400. The number of benzene rings is 1. The number of hydrogen-bond acceptors (Lipinski definition) is 4. The summed E-state index contributed by atoms with van der Waals surface area (Å²) in [5.41, 5.74) is 0.928. The minimum Gasteiger partial charge on any atom is -0.744 e. The van der Waals surface area contributed by atoms with Crippen molar-refractivity contribution in [2.45, 2.75) is 18.7 Å². The van der Waals surface area contributed by atoms with Crippen LogP contribution in [0.15, 0.2) is 29.2 Å². The van der Waals surface area contributed by atoms with E-state index in [0.29, 0.717) is 0 Å². The van der Waals surface area contributed by atoms with E-state index in [4.69, 9.17) is 9.90 Å². The van der Waals surface area contributed by atoms with Crippen molar-refractivity contribution in [2.24, 2.45) is 0 Å². The maximum Gasteiger partial charge on any atom is 1.00 e. The third-order valence-electron chi connectivity index (χ3n) is 1.31. The van der Waals surface area contributed by atoms with Crippen LogP contribution >= 0.6 is 0 Å². The van der Waals surface area contributed by atoms with Gasteiger partial charge in [0, 0.05) is 6.92 Å². The fraction of sp³-hybridized carbons (Fsp3) is 0.222. The second-order valence-corrected chi connectivity index (χ2v) is 4.17. The Kier molecular flexibility index (Phi) is 8.77. The number of aliphatic carboxylic acids is 1. The molecule has 0 unspecified atom stereocenters. The van der Waals surface area contributed by atoms with Gasteiger partial charge in [-0.2, -0.15) is 0 Å². The Balaban J connectivity index is 0. The van der Waals surface area contributed by atoms with Crippen LogP contribution in [0.3, 0.4) is 0 Å². The molecule has 0 amide bonds. The van der Waals surface area contributed by atoms with Gasteiger partial charge in [-0.3, -0.25) is 4.79 Å². The van der Waals surface area contributed by atoms with Crippen LogP contribution in [0, 0.1) is 6.92 Å². The molecule has 7 heteroatoms. The Morgan fingerprint density at radius 3 is 1.81 bits per heavy atom. The Morgan fingerprint density at radius 2 is 1.56 bits per heavy atom. The zero-order valence-electron chi connectivity index (χ0n) is 9.30. The summed E-state index contributed by atoms with van der Waals surface area (Å²) in [5.74, 6) is -0.833. The summed E-state index contributed by atoms with van der Waals surface area (Å²) < 4.78 is 31.2. The summed E-state index contributed by atoms with van der Waals surface area (Å²) in [6, 6.07) is 5.78. The second-order valence-electron chi connectivity index (χ2n) is 2.79. The number of carboxylic acids is 1. The predicted octanol–water partition coefficient (Wildman–Crippen LogP) is -2.01. The molecule has 5 nitrogen and oxygen atoms in total. The van der Waals surface area contributed by atoms with Crippen molar-refractivity contribution in [1.29, 1.82) is 0 Å². The zero-order valence-corrected chi connectivity index (χ0v) is 12.1. The molecule has 16 heavy (non-hydrogen) atoms. The first-order chi connectivity index (χ1) is 6.73. The van der Waals surface area contributed by atoms with Gasteiger partial charge in [0.25, 0.3) is 5.97 Å². The van der Waals surface area contributed by atoms with Gasteiger partial charge < -0.3 is 9.66 Å². The first kappa shape index (κ1) is 18.0. The molecule has 1 aromatic carbocycles. The van der Waals surface area contributed by atoms with Gasteiger partial charge in [0.05, 0.1) is 4.90 Å². The summed E-state index contributed by atoms with van der Waals surface area (Å²) in [4.78, 5) is 8.82. The van der Waals surface area contributed by atoms with Gasteiger partial charge in [-0.15, -0.1) is 0 Å². The van der Waals surface area contributed by atoms with Crippen molar-refractivity contribution in [2.75, 3.05) is 0 Å². The molecule has 0 saturated carbocycles. The number of rotatable bonds is 1. The van der Waals surface area contributed by atoms with E-state index in [1.165, 1.54) is 12.1 Å². The van der Waals surface area contributed by atoms with Crippen LogP contribution in [-0.2, 0) is 14.9 Å². The van der Waals surface area contributed by atoms with Crippen LogP contribution in [-0.4, -0.2) is 24.0 Å². The SMILES string of the molecule is CC(=O)O.Cc1ccc(S(=O)(=O)[O-])cc1.[Na+]. The first-order valence-electron chi connectivity index (χ1n) is 3.95. The van der Waals surface area contributed by atoms with E-state index in [0.717, 1.165) is 12.5 Å². The number of carbonyl (C=O) groups is 1. The van der Waals surface area contributed by atoms with E-state index in [1.807, 2.05) is 6.92 Å². The van der Waals surface area contributed by atoms with Crippen molar-refractivity contribution in [3.63, 3.8) is 0 Å². The monoisotopic (exact) mass is 254 g/mol. The van der Waals surface area contributed by atoms with Crippen LogP contribution in [0.5, 0.6) is 0 Å². The van der Waals surface area contributed by atoms with Gasteiger partial charge >= 0.3 is 29.6 Å². The van der Waals surface area contributed by atoms with Crippen molar-refractivity contribution in [3.8, 4) is 0 Å². The van der Waals surface area contributed by atoms with Crippen LogP contribution in [0.1, 0.15) is 12.5 Å². The van der Waals surface area contributed by atoms with E-state index in [1.54, 1.807) is 12.1 Å². The summed E-state index contributed by atoms with van der Waals surface area (Å²) in [6.45, 7) is 2.90. The smallest absolute Gasteiger partial charge is 0.744 e. The van der Waals surface area contributed by atoms with Crippen molar-refractivity contribution < 1.29 is 52.4 Å². The van der Waals surface area contributed by atoms with E-state index < -0.39 is 16.1 Å². The van der Waals surface area contributed by atoms with Gasteiger partial charge in [0.1, 0.15) is 10.1 Å². The third-order valence-corrected chi connectivity index (χ3v) is 2.16. The van der Waals surface area contributed by atoms with Gasteiger partial charge in [-0.25, -0.2) is 8.42 Å². The molecule has 0 aliphatic carbocycles. The molecule has 0 atom stereocenters. The molecule has 0 radical (unpaired) electrons. The molecular weight excluding hydrogens is 243 g/mol. The van der Waals surface area contributed by atoms with E-state index in [2.05, 4.69) is 0 Å². The fourth-order valence-corrected chi connectivity index (χ4v) is 1.17. The molecule has 1 rings (SSSR count). The average molecular weight is 254 g/mol. The van der Waals surface area contributed by atoms with Crippen LogP contribution < -0.4 is 29.6 Å². The minimum atomic E-state index is -4.27. The molecule has 0 aliphatic rings. The van der Waals surface area contributed by atoms with E-state index >= 15 is 0 Å². The topological polar surface area (TPSA) is 94.5 Å². The molecule has 0 spiro atoms. The molecule has 0 bridgehead atoms. The Bertz CT molecular complexity index is 420. The van der Waals surface area contributed by atoms with E-state index in [-0.39, 0.29) is 34.5 Å². The molecule has 0 aliphatic heterocycles. The van der Waals surface area contributed by atoms with Gasteiger partial charge in [-0.05, 0) is 19.1 Å². The fourth-order valence-electron chi connectivity index (χ4n) is 0.705. The largest absolute Gasteiger partial charge is 1.00 e. The van der Waals surface area contributed by atoms with Gasteiger partial charge in [0.15, 0.2) is 0 Å². The molecular formula is C9H11NaO5S. The summed E-state index contributed by atoms with van der Waals surface area (Å²) in [5, 5.41) is 7.42. The van der Waals surface area contributed by atoms with E-state index in [9.17, 15) is 13.0 Å². The molecule has 0 aromatic heterocycles. The minimum absolute atomic E-state index is 0. The maximum atomic E-state index is 10.4. The summed E-state index contributed by atoms with van der Waals surface area (Å²) >= 11 is 0. The van der Waals surface area contributed by atoms with Crippen LogP contribution in [0.25, 0.3) is 0 Å². The van der Waals surface area contributed by atoms with Crippen LogP contribution in [0.2, 0.25) is 0 Å². The van der Waals surface area contributed by atoms with Crippen molar-refractivity contribution in [1.82, 2.24) is 0 Å². The molecule has 84 valence electrons. The number of aryl methyl sites for hydroxylation is 1. The third kappa shape index (κ3) is 8.87. The molecule has 0 heterocycles. The zero-order chi connectivity index (χ0) is 12.1. The van der Waals surface area contributed by atoms with Crippen molar-refractivity contribution >= 4 is 16.1 Å². The number of carboxylic acid groups (broad SMARTS) is 1. The second kappa shape index (κ2) is 7.81. The molecule has 1 aromatic rings. The quantitative estimate of drug-likeness (QED) is 0.462. The maximum absolute atomic E-state index is 10.4. The first-order valence-corrected chi connectivity index (χ1v) is 5.36.